The van der Waals surface area contributed by atoms with Crippen molar-refractivity contribution in [1.82, 2.24) is 10.3 Å². The van der Waals surface area contributed by atoms with Crippen LogP contribution in [0.4, 0.5) is 5.69 Å². The van der Waals surface area contributed by atoms with Gasteiger partial charge in [-0.2, -0.15) is 0 Å². The van der Waals surface area contributed by atoms with E-state index < -0.39 is 8.32 Å². The predicted molar refractivity (Wildman–Crippen MR) is 125 cm³/mol. The van der Waals surface area contributed by atoms with Crippen molar-refractivity contribution in [1.29, 1.82) is 0 Å². The van der Waals surface area contributed by atoms with Crippen molar-refractivity contribution in [3.05, 3.63) is 27.4 Å². The fourth-order valence-corrected chi connectivity index (χ4v) is 4.96. The Hall–Kier alpha value is -1.21. The van der Waals surface area contributed by atoms with Gasteiger partial charge in [-0.1, -0.05) is 44.0 Å². The summed E-state index contributed by atoms with van der Waals surface area (Å²) in [5.74, 6) is -0.231. The van der Waals surface area contributed by atoms with Gasteiger partial charge in [-0.15, -0.1) is 0 Å². The van der Waals surface area contributed by atoms with Crippen LogP contribution >= 0.6 is 23.2 Å². The lowest BCUT2D eigenvalue weighted by Gasteiger charge is -2.36. The highest BCUT2D eigenvalue weighted by Gasteiger charge is 2.37. The third-order valence-corrected chi connectivity index (χ3v) is 11.6. The zero-order valence-electron chi connectivity index (χ0n) is 18.1. The van der Waals surface area contributed by atoms with Gasteiger partial charge in [0.1, 0.15) is 0 Å². The molecule has 2 heterocycles. The Morgan fingerprint density at radius 1 is 1.31 bits per heavy atom. The number of nitrogens with one attached hydrogen (secondary N) is 3. The number of carbonyl (C=O) groups excluding carboxylic acids is 1. The molecule has 0 saturated carbocycles. The highest BCUT2D eigenvalue weighted by Crippen LogP contribution is 2.42. The zero-order valence-corrected chi connectivity index (χ0v) is 20.6. The second-order valence-corrected chi connectivity index (χ2v) is 14.9. The van der Waals surface area contributed by atoms with Crippen LogP contribution in [0.5, 0.6) is 0 Å². The molecule has 3 N–H and O–H groups in total. The lowest BCUT2D eigenvalue weighted by molar-refractivity contribution is -0.121. The van der Waals surface area contributed by atoms with Crippen LogP contribution in [-0.2, 0) is 15.6 Å². The van der Waals surface area contributed by atoms with Gasteiger partial charge in [0.25, 0.3) is 0 Å². The molecule has 1 aromatic carbocycles. The van der Waals surface area contributed by atoms with Gasteiger partial charge >= 0.3 is 0 Å². The number of fused-ring (bicyclic) bond motifs is 3. The molecule has 1 amide bonds. The smallest absolute Gasteiger partial charge is 0.227 e. The maximum atomic E-state index is 12.4. The van der Waals surface area contributed by atoms with Crippen molar-refractivity contribution in [2.75, 3.05) is 25.0 Å². The third-order valence-electron chi connectivity index (χ3n) is 6.28. The molecule has 160 valence electrons. The number of rotatable bonds is 5. The van der Waals surface area contributed by atoms with E-state index in [1.807, 2.05) is 13.0 Å². The topological polar surface area (TPSA) is 66.2 Å². The van der Waals surface area contributed by atoms with E-state index in [-0.39, 0.29) is 16.9 Å². The molecule has 1 aromatic heterocycles. The molecule has 3 rings (SSSR count). The van der Waals surface area contributed by atoms with E-state index >= 15 is 0 Å². The first-order chi connectivity index (χ1) is 13.4. The van der Waals surface area contributed by atoms with Crippen molar-refractivity contribution in [3.63, 3.8) is 0 Å². The number of amides is 1. The summed E-state index contributed by atoms with van der Waals surface area (Å²) in [6.07, 6.45) is 0.738. The summed E-state index contributed by atoms with van der Waals surface area (Å²) in [4.78, 5) is 15.8. The van der Waals surface area contributed by atoms with Crippen LogP contribution in [0.1, 0.15) is 44.9 Å². The first-order valence-corrected chi connectivity index (χ1v) is 13.8. The number of benzene rings is 1. The Bertz CT molecular complexity index is 934. The van der Waals surface area contributed by atoms with Gasteiger partial charge in [0, 0.05) is 36.3 Å². The van der Waals surface area contributed by atoms with Gasteiger partial charge in [-0.05, 0) is 36.7 Å². The van der Waals surface area contributed by atoms with E-state index in [1.54, 1.807) is 0 Å². The fraction of sp³-hybridized carbons (Fsp3) is 0.571. The molecule has 0 bridgehead atoms. The van der Waals surface area contributed by atoms with E-state index in [2.05, 4.69) is 49.5 Å². The third kappa shape index (κ3) is 4.31. The van der Waals surface area contributed by atoms with E-state index in [0.29, 0.717) is 29.7 Å². The minimum absolute atomic E-state index is 0.0305. The molecule has 1 aliphatic rings. The highest BCUT2D eigenvalue weighted by molar-refractivity contribution is 6.74. The maximum Gasteiger partial charge on any atom is 0.227 e. The largest absolute Gasteiger partial charge is 0.415 e. The molecule has 2 aromatic rings. The molecule has 5 nitrogen and oxygen atoms in total. The van der Waals surface area contributed by atoms with Crippen LogP contribution in [-0.4, -0.2) is 38.9 Å². The van der Waals surface area contributed by atoms with Crippen molar-refractivity contribution >= 4 is 54.0 Å². The summed E-state index contributed by atoms with van der Waals surface area (Å²) >= 11 is 12.9. The molecular weight excluding hydrogens is 425 g/mol. The maximum absolute atomic E-state index is 12.4. The summed E-state index contributed by atoms with van der Waals surface area (Å²) in [6, 6.07) is 1.85. The average Bonchev–Trinajstić information content (AvgIpc) is 2.94. The molecule has 0 unspecified atom stereocenters. The Morgan fingerprint density at radius 3 is 2.66 bits per heavy atom. The molecule has 0 spiro atoms. The van der Waals surface area contributed by atoms with Crippen molar-refractivity contribution in [2.24, 2.45) is 0 Å². The number of aromatic amines is 1. The van der Waals surface area contributed by atoms with E-state index in [0.717, 1.165) is 34.3 Å². The molecule has 0 saturated heterocycles. The lowest BCUT2D eigenvalue weighted by atomic mass is 9.96. The van der Waals surface area contributed by atoms with Gasteiger partial charge in [0.15, 0.2) is 8.32 Å². The number of aromatic nitrogens is 1. The predicted octanol–water partition coefficient (Wildman–Crippen LogP) is 5.68. The molecule has 0 aliphatic carbocycles. The van der Waals surface area contributed by atoms with Crippen molar-refractivity contribution in [3.8, 4) is 0 Å². The van der Waals surface area contributed by atoms with Crippen molar-refractivity contribution < 1.29 is 9.22 Å². The quantitative estimate of drug-likeness (QED) is 0.400. The number of carbonyl (C=O) groups is 1. The average molecular weight is 456 g/mol. The van der Waals surface area contributed by atoms with Gasteiger partial charge < -0.3 is 20.0 Å². The Balaban J connectivity index is 1.91. The summed E-state index contributed by atoms with van der Waals surface area (Å²) in [5, 5.41) is 8.54. The Morgan fingerprint density at radius 2 is 2.00 bits per heavy atom. The molecule has 29 heavy (non-hydrogen) atoms. The Kier molecular flexibility index (Phi) is 6.31. The van der Waals surface area contributed by atoms with Crippen LogP contribution in [0.25, 0.3) is 10.9 Å². The second-order valence-electron chi connectivity index (χ2n) is 9.29. The number of hydrogen-bond acceptors (Lipinski definition) is 3. The minimum atomic E-state index is -1.80. The monoisotopic (exact) mass is 455 g/mol. The van der Waals surface area contributed by atoms with Gasteiger partial charge in [-0.3, -0.25) is 4.79 Å². The number of halogens is 2. The van der Waals surface area contributed by atoms with Crippen LogP contribution in [0, 0.1) is 0 Å². The first-order valence-electron chi connectivity index (χ1n) is 10.1. The molecule has 1 atom stereocenters. The summed E-state index contributed by atoms with van der Waals surface area (Å²) in [5.41, 5.74) is 3.71. The lowest BCUT2D eigenvalue weighted by Crippen LogP contribution is -2.41. The molecule has 8 heteroatoms. The second kappa shape index (κ2) is 8.14. The van der Waals surface area contributed by atoms with Gasteiger partial charge in [0.2, 0.25) is 5.91 Å². The minimum Gasteiger partial charge on any atom is -0.415 e. The normalized spacial score (nSPS) is 17.8. The van der Waals surface area contributed by atoms with Crippen LogP contribution in [0.2, 0.25) is 28.2 Å². The number of H-pyrrole nitrogens is 1. The van der Waals surface area contributed by atoms with Crippen LogP contribution in [0.3, 0.4) is 0 Å². The van der Waals surface area contributed by atoms with E-state index in [9.17, 15) is 4.79 Å². The SMILES string of the molecule is C[C@@H]1C(=O)NCCc2[nH]c3c(Cl)c(Cl)cc(NCCO[Si](C)(C)C(C)(C)C)c3c21. The Labute approximate surface area is 184 Å². The standard InChI is InChI=1S/C21H31Cl2N3O2Si/c1-12-16-14(7-8-25-20(12)27)26-19-17(16)15(11-13(22)18(19)23)24-9-10-28-29(5,6)21(2,3)4/h11-12,24,26H,7-10H2,1-6H3,(H,25,27)/t12-/m0/s1. The van der Waals surface area contributed by atoms with Crippen LogP contribution < -0.4 is 10.6 Å². The highest BCUT2D eigenvalue weighted by atomic mass is 35.5. The van der Waals surface area contributed by atoms with Gasteiger partial charge in [-0.25, -0.2) is 0 Å². The van der Waals surface area contributed by atoms with E-state index in [4.69, 9.17) is 27.6 Å². The van der Waals surface area contributed by atoms with Gasteiger partial charge in [0.05, 0.1) is 28.1 Å². The summed E-state index contributed by atoms with van der Waals surface area (Å²) in [7, 11) is -1.80. The van der Waals surface area contributed by atoms with Crippen LogP contribution in [0.15, 0.2) is 6.07 Å². The molecular formula is C21H31Cl2N3O2Si. The summed E-state index contributed by atoms with van der Waals surface area (Å²) < 4.78 is 6.28. The van der Waals surface area contributed by atoms with Crippen molar-refractivity contribution in [2.45, 2.75) is 58.2 Å². The zero-order chi connectivity index (χ0) is 21.6. The molecule has 0 fully saturated rings. The number of hydrogen-bond donors (Lipinski definition) is 3. The molecule has 0 radical (unpaired) electrons. The first kappa shape index (κ1) is 22.5. The summed E-state index contributed by atoms with van der Waals surface area (Å²) in [6.45, 7) is 15.0. The molecule has 1 aliphatic heterocycles. The number of anilines is 1. The fourth-order valence-electron chi connectivity index (χ4n) is 3.51. The van der Waals surface area contributed by atoms with E-state index in [1.165, 1.54) is 0 Å².